The monoisotopic (exact) mass is 297 g/mol. The van der Waals surface area contributed by atoms with Gasteiger partial charge in [0.25, 0.3) is 5.91 Å². The number of carboxylic acid groups (broad SMARTS) is 1. The number of carboxylic acids is 1. The molecule has 0 atom stereocenters. The molecule has 1 aromatic carbocycles. The van der Waals surface area contributed by atoms with Crippen LogP contribution in [-0.4, -0.2) is 54.9 Å². The highest BCUT2D eigenvalue weighted by Crippen LogP contribution is 2.12. The molecule has 0 aromatic heterocycles. The van der Waals surface area contributed by atoms with Crippen molar-refractivity contribution >= 4 is 21.7 Å². The van der Waals surface area contributed by atoms with Crippen molar-refractivity contribution in [2.45, 2.75) is 6.42 Å². The summed E-state index contributed by atoms with van der Waals surface area (Å²) in [5, 5.41) is 8.91. The number of amides is 1. The van der Waals surface area contributed by atoms with Crippen molar-refractivity contribution in [1.29, 1.82) is 0 Å². The maximum Gasteiger partial charge on any atom is 0.335 e. The maximum absolute atomic E-state index is 12.3. The van der Waals surface area contributed by atoms with Gasteiger partial charge in [-0.15, -0.1) is 0 Å². The molecule has 1 aromatic rings. The first kappa shape index (κ1) is 14.5. The molecule has 0 spiro atoms. The van der Waals surface area contributed by atoms with E-state index in [0.29, 0.717) is 13.0 Å². The van der Waals surface area contributed by atoms with Gasteiger partial charge in [0, 0.05) is 18.7 Å². The zero-order chi connectivity index (χ0) is 14.8. The van der Waals surface area contributed by atoms with Gasteiger partial charge in [0.2, 0.25) is 0 Å². The van der Waals surface area contributed by atoms with Gasteiger partial charge in [-0.1, -0.05) is 6.07 Å². The number of carbonyl (C=O) groups is 2. The van der Waals surface area contributed by atoms with Crippen molar-refractivity contribution < 1.29 is 23.1 Å². The second-order valence-electron chi connectivity index (χ2n) is 4.68. The van der Waals surface area contributed by atoms with Gasteiger partial charge in [0.15, 0.2) is 9.84 Å². The molecule has 1 saturated heterocycles. The highest BCUT2D eigenvalue weighted by molar-refractivity contribution is 7.91. The van der Waals surface area contributed by atoms with E-state index in [4.69, 9.17) is 5.11 Å². The first-order valence-electron chi connectivity index (χ1n) is 6.22. The molecule has 1 aliphatic heterocycles. The summed E-state index contributed by atoms with van der Waals surface area (Å²) in [7, 11) is -3.08. The van der Waals surface area contributed by atoms with E-state index in [9.17, 15) is 18.0 Å². The number of benzene rings is 1. The Morgan fingerprint density at radius 1 is 1.10 bits per heavy atom. The highest BCUT2D eigenvalue weighted by Gasteiger charge is 2.23. The Morgan fingerprint density at radius 2 is 1.80 bits per heavy atom. The number of aromatic carboxylic acids is 1. The number of hydrogen-bond acceptors (Lipinski definition) is 4. The number of hydrogen-bond donors (Lipinski definition) is 1. The molecule has 1 fully saturated rings. The first-order valence-corrected chi connectivity index (χ1v) is 8.04. The fourth-order valence-electron chi connectivity index (χ4n) is 2.11. The van der Waals surface area contributed by atoms with Crippen molar-refractivity contribution in [3.05, 3.63) is 35.4 Å². The normalized spacial score (nSPS) is 18.3. The minimum Gasteiger partial charge on any atom is -0.478 e. The van der Waals surface area contributed by atoms with Crippen molar-refractivity contribution in [3.63, 3.8) is 0 Å². The number of carbonyl (C=O) groups excluding carboxylic acids is 1. The molecule has 1 amide bonds. The Kier molecular flexibility index (Phi) is 4.08. The minimum absolute atomic E-state index is 0.0401. The maximum atomic E-state index is 12.3. The van der Waals surface area contributed by atoms with Crippen LogP contribution in [0.5, 0.6) is 0 Å². The van der Waals surface area contributed by atoms with E-state index >= 15 is 0 Å². The third-order valence-electron chi connectivity index (χ3n) is 3.20. The smallest absolute Gasteiger partial charge is 0.335 e. The quantitative estimate of drug-likeness (QED) is 0.865. The molecule has 2 rings (SSSR count). The Morgan fingerprint density at radius 3 is 2.50 bits per heavy atom. The molecule has 0 radical (unpaired) electrons. The molecule has 1 N–H and O–H groups in total. The van der Waals surface area contributed by atoms with Crippen LogP contribution < -0.4 is 0 Å². The number of sulfone groups is 1. The predicted molar refractivity (Wildman–Crippen MR) is 72.6 cm³/mol. The molecule has 1 heterocycles. The third kappa shape index (κ3) is 3.36. The molecule has 0 bridgehead atoms. The summed E-state index contributed by atoms with van der Waals surface area (Å²) < 4.78 is 23.0. The molecule has 108 valence electrons. The van der Waals surface area contributed by atoms with Gasteiger partial charge in [-0.2, -0.15) is 0 Å². The number of nitrogens with zero attached hydrogens (tertiary/aromatic N) is 1. The zero-order valence-electron chi connectivity index (χ0n) is 10.8. The van der Waals surface area contributed by atoms with Gasteiger partial charge in [-0.25, -0.2) is 13.2 Å². The summed E-state index contributed by atoms with van der Waals surface area (Å²) in [6.07, 6.45) is 0.409. The third-order valence-corrected chi connectivity index (χ3v) is 4.91. The summed E-state index contributed by atoms with van der Waals surface area (Å²) in [5.41, 5.74) is 0.308. The summed E-state index contributed by atoms with van der Waals surface area (Å²) in [5.74, 6) is -1.38. The van der Waals surface area contributed by atoms with Gasteiger partial charge in [0.05, 0.1) is 17.1 Å². The van der Waals surface area contributed by atoms with Crippen LogP contribution in [0.4, 0.5) is 0 Å². The Labute approximate surface area is 116 Å². The lowest BCUT2D eigenvalue weighted by atomic mass is 10.1. The molecule has 20 heavy (non-hydrogen) atoms. The minimum atomic E-state index is -3.08. The van der Waals surface area contributed by atoms with Crippen molar-refractivity contribution in [2.24, 2.45) is 0 Å². The Hall–Kier alpha value is -1.89. The van der Waals surface area contributed by atoms with Crippen LogP contribution in [-0.2, 0) is 9.84 Å². The van der Waals surface area contributed by atoms with Crippen molar-refractivity contribution in [3.8, 4) is 0 Å². The molecule has 0 unspecified atom stereocenters. The van der Waals surface area contributed by atoms with Gasteiger partial charge < -0.3 is 10.0 Å². The standard InChI is InChI=1S/C13H15NO5S/c15-12(10-3-1-4-11(9-10)13(16)17)14-5-2-7-20(18,19)8-6-14/h1,3-4,9H,2,5-8H2,(H,16,17). The van der Waals surface area contributed by atoms with E-state index < -0.39 is 15.8 Å². The second kappa shape index (κ2) is 5.62. The molecule has 0 aliphatic carbocycles. The Bertz CT molecular complexity index is 638. The van der Waals surface area contributed by atoms with E-state index in [1.807, 2.05) is 0 Å². The van der Waals surface area contributed by atoms with E-state index in [-0.39, 0.29) is 35.1 Å². The predicted octanol–water partition coefficient (Wildman–Crippen LogP) is 0.645. The fourth-order valence-corrected chi connectivity index (χ4v) is 3.38. The van der Waals surface area contributed by atoms with Gasteiger partial charge in [-0.3, -0.25) is 4.79 Å². The fraction of sp³-hybridized carbons (Fsp3) is 0.385. The second-order valence-corrected chi connectivity index (χ2v) is 6.99. The van der Waals surface area contributed by atoms with Gasteiger partial charge in [-0.05, 0) is 24.6 Å². The molecular weight excluding hydrogens is 282 g/mol. The highest BCUT2D eigenvalue weighted by atomic mass is 32.2. The molecular formula is C13H15NO5S. The summed E-state index contributed by atoms with van der Waals surface area (Å²) >= 11 is 0. The average Bonchev–Trinajstić information content (AvgIpc) is 2.59. The summed E-state index contributed by atoms with van der Waals surface area (Å²) in [6, 6.07) is 5.76. The summed E-state index contributed by atoms with van der Waals surface area (Å²) in [4.78, 5) is 24.6. The zero-order valence-corrected chi connectivity index (χ0v) is 11.6. The van der Waals surface area contributed by atoms with Crippen LogP contribution >= 0.6 is 0 Å². The number of rotatable bonds is 2. The van der Waals surface area contributed by atoms with Crippen molar-refractivity contribution in [2.75, 3.05) is 24.6 Å². The van der Waals surface area contributed by atoms with Crippen LogP contribution in [0.2, 0.25) is 0 Å². The van der Waals surface area contributed by atoms with E-state index in [2.05, 4.69) is 0 Å². The van der Waals surface area contributed by atoms with Crippen LogP contribution in [0.25, 0.3) is 0 Å². The molecule has 1 aliphatic rings. The SMILES string of the molecule is O=C(O)c1cccc(C(=O)N2CCCS(=O)(=O)CC2)c1. The Balaban J connectivity index is 2.19. The topological polar surface area (TPSA) is 91.8 Å². The lowest BCUT2D eigenvalue weighted by molar-refractivity contribution is 0.0697. The lowest BCUT2D eigenvalue weighted by Gasteiger charge is -2.19. The first-order chi connectivity index (χ1) is 9.39. The van der Waals surface area contributed by atoms with Crippen LogP contribution in [0.3, 0.4) is 0 Å². The molecule has 7 heteroatoms. The van der Waals surface area contributed by atoms with E-state index in [1.54, 1.807) is 0 Å². The molecule has 0 saturated carbocycles. The van der Waals surface area contributed by atoms with Crippen LogP contribution in [0, 0.1) is 0 Å². The van der Waals surface area contributed by atoms with Crippen LogP contribution in [0.15, 0.2) is 24.3 Å². The van der Waals surface area contributed by atoms with Crippen LogP contribution in [0.1, 0.15) is 27.1 Å². The van der Waals surface area contributed by atoms with Gasteiger partial charge in [0.1, 0.15) is 0 Å². The van der Waals surface area contributed by atoms with Gasteiger partial charge >= 0.3 is 5.97 Å². The van der Waals surface area contributed by atoms with Crippen molar-refractivity contribution in [1.82, 2.24) is 4.90 Å². The summed E-state index contributed by atoms with van der Waals surface area (Å²) in [6.45, 7) is 0.522. The van der Waals surface area contributed by atoms with E-state index in [1.165, 1.54) is 29.2 Å². The lowest BCUT2D eigenvalue weighted by Crippen LogP contribution is -2.33. The largest absolute Gasteiger partial charge is 0.478 e. The molecule has 6 nitrogen and oxygen atoms in total. The average molecular weight is 297 g/mol. The van der Waals surface area contributed by atoms with E-state index in [0.717, 1.165) is 0 Å².